The number of carboxylic acids is 1. The molecule has 2 aromatic carbocycles. The van der Waals surface area contributed by atoms with E-state index in [9.17, 15) is 22.8 Å². The van der Waals surface area contributed by atoms with Crippen LogP contribution in [-0.2, 0) is 22.6 Å². The van der Waals surface area contributed by atoms with Crippen molar-refractivity contribution in [2.24, 2.45) is 5.41 Å². The summed E-state index contributed by atoms with van der Waals surface area (Å²) in [4.78, 5) is 37.0. The third-order valence-electron chi connectivity index (χ3n) is 7.46. The number of amides is 1. The van der Waals surface area contributed by atoms with Gasteiger partial charge in [-0.2, -0.15) is 13.2 Å². The Morgan fingerprint density at radius 2 is 1.54 bits per heavy atom. The largest absolute Gasteiger partial charge is 0.494 e. The summed E-state index contributed by atoms with van der Waals surface area (Å²) in [5.41, 5.74) is 3.31. The maximum atomic E-state index is 12.9. The van der Waals surface area contributed by atoms with Crippen molar-refractivity contribution in [2.75, 3.05) is 32.8 Å². The minimum atomic E-state index is -5.08. The number of carbonyl (C=O) groups excluding carboxylic acids is 2. The van der Waals surface area contributed by atoms with E-state index in [-0.39, 0.29) is 5.91 Å². The summed E-state index contributed by atoms with van der Waals surface area (Å²) in [7, 11) is 0. The molecule has 0 saturated carbocycles. The number of hydrogen-bond donors (Lipinski definition) is 1. The number of carboxylic acid groups (broad SMARTS) is 1. The normalized spacial score (nSPS) is 17.2. The number of carbonyl (C=O) groups is 3. The topological polar surface area (TPSA) is 87.2 Å². The van der Waals surface area contributed by atoms with Crippen molar-refractivity contribution < 1.29 is 37.4 Å². The summed E-state index contributed by atoms with van der Waals surface area (Å²) in [5, 5.41) is 7.12. The Labute approximate surface area is 226 Å². The Hall–Kier alpha value is -3.40. The number of benzene rings is 2. The average molecular weight is 549 g/mol. The summed E-state index contributed by atoms with van der Waals surface area (Å²) in [6, 6.07) is 15.8. The maximum absolute atomic E-state index is 12.9. The first-order valence-electron chi connectivity index (χ1n) is 13.1. The first-order valence-corrected chi connectivity index (χ1v) is 13.1. The van der Waals surface area contributed by atoms with E-state index in [4.69, 9.17) is 14.6 Å². The number of aliphatic carboxylic acids is 1. The van der Waals surface area contributed by atoms with Crippen LogP contribution in [0, 0.1) is 5.41 Å². The first kappa shape index (κ1) is 30.1. The van der Waals surface area contributed by atoms with Crippen LogP contribution in [0.15, 0.2) is 48.5 Å². The second-order valence-electron chi connectivity index (χ2n) is 9.98. The number of likely N-dealkylation sites (tertiary alicyclic amines) is 2. The SMILES string of the molecule is CCOc1ccccc1CN1CCC2(CC1)CCN(C(=O)c1ccc(CC=O)cc1)CC2.O=C(O)C(F)(F)F. The summed E-state index contributed by atoms with van der Waals surface area (Å²) in [5.74, 6) is -1.64. The molecule has 0 bridgehead atoms. The predicted octanol–water partition coefficient (Wildman–Crippen LogP) is 4.98. The quantitative estimate of drug-likeness (QED) is 0.492. The number of ether oxygens (including phenoxy) is 1. The van der Waals surface area contributed by atoms with Crippen LogP contribution in [0.5, 0.6) is 5.75 Å². The number of para-hydroxylation sites is 1. The van der Waals surface area contributed by atoms with Gasteiger partial charge in [-0.15, -0.1) is 0 Å². The highest BCUT2D eigenvalue weighted by molar-refractivity contribution is 5.94. The van der Waals surface area contributed by atoms with Gasteiger partial charge in [-0.3, -0.25) is 9.69 Å². The predicted molar refractivity (Wildman–Crippen MR) is 140 cm³/mol. The minimum Gasteiger partial charge on any atom is -0.494 e. The van der Waals surface area contributed by atoms with Gasteiger partial charge in [0.25, 0.3) is 5.91 Å². The lowest BCUT2D eigenvalue weighted by molar-refractivity contribution is -0.192. The lowest BCUT2D eigenvalue weighted by atomic mass is 9.71. The monoisotopic (exact) mass is 548 g/mol. The highest BCUT2D eigenvalue weighted by atomic mass is 19.4. The highest BCUT2D eigenvalue weighted by Gasteiger charge is 2.39. The third kappa shape index (κ3) is 8.54. The van der Waals surface area contributed by atoms with Crippen LogP contribution in [0.25, 0.3) is 0 Å². The lowest BCUT2D eigenvalue weighted by Gasteiger charge is -2.47. The molecule has 10 heteroatoms. The van der Waals surface area contributed by atoms with Gasteiger partial charge in [0, 0.05) is 37.2 Å². The van der Waals surface area contributed by atoms with Gasteiger partial charge in [0.15, 0.2) is 0 Å². The van der Waals surface area contributed by atoms with Crippen LogP contribution < -0.4 is 4.74 Å². The van der Waals surface area contributed by atoms with Gasteiger partial charge in [0.2, 0.25) is 0 Å². The van der Waals surface area contributed by atoms with Crippen LogP contribution in [0.1, 0.15) is 54.1 Å². The second-order valence-corrected chi connectivity index (χ2v) is 9.98. The molecule has 1 amide bonds. The number of nitrogens with zero attached hydrogens (tertiary/aromatic N) is 2. The van der Waals surface area contributed by atoms with E-state index >= 15 is 0 Å². The van der Waals surface area contributed by atoms with E-state index in [1.54, 1.807) is 0 Å². The summed E-state index contributed by atoms with van der Waals surface area (Å²) in [6.45, 7) is 7.54. The summed E-state index contributed by atoms with van der Waals surface area (Å²) >= 11 is 0. The third-order valence-corrected chi connectivity index (χ3v) is 7.46. The van der Waals surface area contributed by atoms with Gasteiger partial charge in [-0.05, 0) is 74.9 Å². The zero-order valence-corrected chi connectivity index (χ0v) is 22.1. The Morgan fingerprint density at radius 1 is 0.974 bits per heavy atom. The van der Waals surface area contributed by atoms with Gasteiger partial charge in [0.1, 0.15) is 12.0 Å². The number of aldehydes is 1. The molecule has 7 nitrogen and oxygen atoms in total. The fraction of sp³-hybridized carbons (Fsp3) is 0.483. The van der Waals surface area contributed by atoms with Crippen LogP contribution in [0.4, 0.5) is 13.2 Å². The molecule has 2 aliphatic heterocycles. The molecule has 1 N–H and O–H groups in total. The Morgan fingerprint density at radius 3 is 2.08 bits per heavy atom. The lowest BCUT2D eigenvalue weighted by Crippen LogP contribution is -2.48. The molecule has 0 atom stereocenters. The number of halogens is 3. The van der Waals surface area contributed by atoms with Crippen molar-refractivity contribution in [2.45, 2.75) is 51.7 Å². The van der Waals surface area contributed by atoms with Crippen molar-refractivity contribution in [3.63, 3.8) is 0 Å². The van der Waals surface area contributed by atoms with Crippen molar-refractivity contribution in [3.05, 3.63) is 65.2 Å². The Balaban J connectivity index is 0.000000532. The van der Waals surface area contributed by atoms with Gasteiger partial charge >= 0.3 is 12.1 Å². The zero-order chi connectivity index (χ0) is 28.5. The van der Waals surface area contributed by atoms with E-state index in [0.717, 1.165) is 68.7 Å². The van der Waals surface area contributed by atoms with Crippen molar-refractivity contribution in [1.82, 2.24) is 9.80 Å². The standard InChI is InChI=1S/C27H34N2O3.C2HF3O2/c1-2-32-25-6-4-3-5-24(25)21-28-16-12-27(13-17-28)14-18-29(19-15-27)26(31)23-9-7-22(8-10-23)11-20-30;3-2(4,5)1(6)7/h3-10,20H,2,11-19,21H2,1H3;(H,6,7). The van der Waals surface area contributed by atoms with Gasteiger partial charge in [0.05, 0.1) is 6.61 Å². The molecule has 0 unspecified atom stereocenters. The number of alkyl halides is 3. The fourth-order valence-electron chi connectivity index (χ4n) is 5.10. The van der Waals surface area contributed by atoms with Gasteiger partial charge in [-0.25, -0.2) is 4.79 Å². The van der Waals surface area contributed by atoms with Crippen LogP contribution in [0.3, 0.4) is 0 Å². The Bertz CT molecular complexity index is 1100. The highest BCUT2D eigenvalue weighted by Crippen LogP contribution is 2.42. The fourth-order valence-corrected chi connectivity index (χ4v) is 5.10. The second kappa shape index (κ2) is 13.6. The molecule has 2 aliphatic rings. The molecule has 2 aromatic rings. The number of rotatable bonds is 7. The number of piperidine rings is 2. The van der Waals surface area contributed by atoms with Crippen molar-refractivity contribution in [1.29, 1.82) is 0 Å². The zero-order valence-electron chi connectivity index (χ0n) is 22.1. The van der Waals surface area contributed by atoms with E-state index in [1.165, 1.54) is 18.4 Å². The van der Waals surface area contributed by atoms with Gasteiger partial charge in [-0.1, -0.05) is 30.3 Å². The molecular formula is C29H35F3N2O5. The summed E-state index contributed by atoms with van der Waals surface area (Å²) in [6.07, 6.45) is 0.786. The van der Waals surface area contributed by atoms with Crippen molar-refractivity contribution in [3.8, 4) is 5.75 Å². The minimum absolute atomic E-state index is 0.113. The summed E-state index contributed by atoms with van der Waals surface area (Å²) < 4.78 is 37.5. The molecule has 0 aliphatic carbocycles. The molecule has 0 radical (unpaired) electrons. The molecule has 212 valence electrons. The molecule has 0 aromatic heterocycles. The van der Waals surface area contributed by atoms with Crippen molar-refractivity contribution >= 4 is 18.2 Å². The maximum Gasteiger partial charge on any atom is 0.490 e. The molecule has 2 fully saturated rings. The van der Waals surface area contributed by atoms with Crippen LogP contribution >= 0.6 is 0 Å². The van der Waals surface area contributed by atoms with E-state index in [2.05, 4.69) is 23.1 Å². The molecule has 4 rings (SSSR count). The smallest absolute Gasteiger partial charge is 0.490 e. The molecule has 2 saturated heterocycles. The van der Waals surface area contributed by atoms with E-state index < -0.39 is 12.1 Å². The van der Waals surface area contributed by atoms with Gasteiger partial charge < -0.3 is 19.5 Å². The van der Waals surface area contributed by atoms with Crippen LogP contribution in [0.2, 0.25) is 0 Å². The van der Waals surface area contributed by atoms with E-state index in [1.807, 2.05) is 42.2 Å². The molecule has 1 spiro atoms. The Kier molecular flexibility index (Phi) is 10.5. The number of hydrogen-bond acceptors (Lipinski definition) is 5. The molecule has 39 heavy (non-hydrogen) atoms. The van der Waals surface area contributed by atoms with E-state index in [0.29, 0.717) is 18.4 Å². The van der Waals surface area contributed by atoms with Crippen LogP contribution in [-0.4, -0.2) is 72.0 Å². The first-order chi connectivity index (χ1) is 18.6. The molecule has 2 heterocycles. The molecular weight excluding hydrogens is 513 g/mol. The average Bonchev–Trinajstić information content (AvgIpc) is 2.92.